The molecule has 0 aliphatic rings. The maximum absolute atomic E-state index is 9.99. The molecule has 15 heavy (non-hydrogen) atoms. The van der Waals surface area contributed by atoms with Gasteiger partial charge in [0.15, 0.2) is 0 Å². The first-order valence-electron chi connectivity index (χ1n) is 4.70. The molecule has 1 aromatic carbocycles. The van der Waals surface area contributed by atoms with Gasteiger partial charge in [-0.15, -0.1) is 0 Å². The van der Waals surface area contributed by atoms with Gasteiger partial charge in [-0.1, -0.05) is 12.1 Å². The summed E-state index contributed by atoms with van der Waals surface area (Å²) in [4.78, 5) is 0. The summed E-state index contributed by atoms with van der Waals surface area (Å²) in [5.41, 5.74) is 2.19. The molecule has 0 bridgehead atoms. The monoisotopic (exact) mass is 330 g/mol. The van der Waals surface area contributed by atoms with Gasteiger partial charge in [-0.2, -0.15) is 11.3 Å². The lowest BCUT2D eigenvalue weighted by Crippen LogP contribution is -2.00. The maximum Gasteiger partial charge on any atom is 0.0830 e. The normalized spacial score (nSPS) is 12.7. The van der Waals surface area contributed by atoms with Crippen molar-refractivity contribution >= 4 is 33.9 Å². The average Bonchev–Trinajstić information content (AvgIpc) is 2.71. The van der Waals surface area contributed by atoms with Crippen LogP contribution in [0.25, 0.3) is 0 Å². The number of halogens is 1. The van der Waals surface area contributed by atoms with Crippen LogP contribution in [-0.2, 0) is 6.42 Å². The van der Waals surface area contributed by atoms with Crippen LogP contribution in [0.5, 0.6) is 0 Å². The smallest absolute Gasteiger partial charge is 0.0830 e. The van der Waals surface area contributed by atoms with Crippen molar-refractivity contribution in [2.24, 2.45) is 0 Å². The zero-order valence-corrected chi connectivity index (χ0v) is 11.0. The van der Waals surface area contributed by atoms with E-state index >= 15 is 0 Å². The molecule has 0 amide bonds. The van der Waals surface area contributed by atoms with Crippen molar-refractivity contribution in [1.29, 1.82) is 0 Å². The Kier molecular flexibility index (Phi) is 3.77. The summed E-state index contributed by atoms with van der Waals surface area (Å²) >= 11 is 3.93. The van der Waals surface area contributed by atoms with Crippen LogP contribution in [0.1, 0.15) is 17.2 Å². The zero-order valence-electron chi connectivity index (χ0n) is 8.06. The first-order chi connectivity index (χ1) is 7.25. The van der Waals surface area contributed by atoms with E-state index in [1.54, 1.807) is 11.3 Å². The van der Waals surface area contributed by atoms with Gasteiger partial charge in [0, 0.05) is 9.99 Å². The number of hydrogen-bond donors (Lipinski definition) is 1. The highest BCUT2D eigenvalue weighted by Crippen LogP contribution is 2.20. The minimum absolute atomic E-state index is 0.392. The molecule has 0 aliphatic carbocycles. The molecule has 78 valence electrons. The lowest BCUT2D eigenvalue weighted by molar-refractivity contribution is 0.178. The Balaban J connectivity index is 2.08. The molecule has 0 fully saturated rings. The molecule has 3 heteroatoms. The largest absolute Gasteiger partial charge is 0.388 e. The fourth-order valence-electron chi connectivity index (χ4n) is 1.43. The van der Waals surface area contributed by atoms with E-state index in [1.165, 1.54) is 9.13 Å². The van der Waals surface area contributed by atoms with Crippen LogP contribution < -0.4 is 0 Å². The molecule has 1 unspecified atom stereocenters. The molecule has 0 saturated carbocycles. The summed E-state index contributed by atoms with van der Waals surface area (Å²) in [5.74, 6) is 0. The Bertz CT molecular complexity index is 408. The zero-order chi connectivity index (χ0) is 10.7. The van der Waals surface area contributed by atoms with Gasteiger partial charge in [-0.05, 0) is 62.7 Å². The van der Waals surface area contributed by atoms with E-state index in [9.17, 15) is 5.11 Å². The van der Waals surface area contributed by atoms with E-state index in [0.29, 0.717) is 6.42 Å². The first kappa shape index (κ1) is 11.1. The van der Waals surface area contributed by atoms with Crippen LogP contribution in [0, 0.1) is 3.57 Å². The number of thiophene rings is 1. The molecular formula is C12H11IOS. The minimum Gasteiger partial charge on any atom is -0.388 e. The third kappa shape index (κ3) is 3.03. The van der Waals surface area contributed by atoms with Crippen molar-refractivity contribution in [1.82, 2.24) is 0 Å². The van der Waals surface area contributed by atoms with Gasteiger partial charge < -0.3 is 5.11 Å². The predicted molar refractivity (Wildman–Crippen MR) is 72.1 cm³/mol. The van der Waals surface area contributed by atoms with E-state index in [0.717, 1.165) is 5.56 Å². The highest BCUT2D eigenvalue weighted by molar-refractivity contribution is 14.1. The molecule has 1 atom stereocenters. The van der Waals surface area contributed by atoms with E-state index in [2.05, 4.69) is 34.0 Å². The van der Waals surface area contributed by atoms with Crippen LogP contribution >= 0.6 is 33.9 Å². The number of rotatable bonds is 3. The molecular weight excluding hydrogens is 319 g/mol. The molecule has 0 radical (unpaired) electrons. The van der Waals surface area contributed by atoms with E-state index in [4.69, 9.17) is 0 Å². The Morgan fingerprint density at radius 1 is 1.20 bits per heavy atom. The average molecular weight is 330 g/mol. The Hall–Kier alpha value is -0.390. The molecule has 0 saturated heterocycles. The summed E-state index contributed by atoms with van der Waals surface area (Å²) in [6.07, 6.45) is 0.306. The van der Waals surface area contributed by atoms with Gasteiger partial charge in [0.25, 0.3) is 0 Å². The molecule has 0 spiro atoms. The Morgan fingerprint density at radius 3 is 2.53 bits per heavy atom. The van der Waals surface area contributed by atoms with E-state index in [-0.39, 0.29) is 0 Å². The highest BCUT2D eigenvalue weighted by Gasteiger charge is 2.08. The fourth-order valence-corrected chi connectivity index (χ4v) is 2.48. The van der Waals surface area contributed by atoms with Crippen LogP contribution in [-0.4, -0.2) is 5.11 Å². The standard InChI is InChI=1S/C12H11IOS/c13-11-3-1-10(2-4-11)12(14)7-9-5-6-15-8-9/h1-6,8,12,14H,7H2. The van der Waals surface area contributed by atoms with Crippen molar-refractivity contribution in [3.63, 3.8) is 0 Å². The van der Waals surface area contributed by atoms with Crippen molar-refractivity contribution in [2.45, 2.75) is 12.5 Å². The first-order valence-corrected chi connectivity index (χ1v) is 6.72. The van der Waals surface area contributed by atoms with Crippen LogP contribution in [0.2, 0.25) is 0 Å². The van der Waals surface area contributed by atoms with Gasteiger partial charge in [0.2, 0.25) is 0 Å². The summed E-state index contributed by atoms with van der Waals surface area (Å²) < 4.78 is 1.19. The molecule has 0 aliphatic heterocycles. The van der Waals surface area contributed by atoms with Crippen molar-refractivity contribution < 1.29 is 5.11 Å². The third-order valence-corrected chi connectivity index (χ3v) is 3.72. The molecule has 1 heterocycles. The van der Waals surface area contributed by atoms with E-state index < -0.39 is 6.10 Å². The molecule has 1 aromatic heterocycles. The van der Waals surface area contributed by atoms with E-state index in [1.807, 2.05) is 29.6 Å². The third-order valence-electron chi connectivity index (χ3n) is 2.26. The van der Waals surface area contributed by atoms with Crippen LogP contribution in [0.3, 0.4) is 0 Å². The SMILES string of the molecule is OC(Cc1ccsc1)c1ccc(I)cc1. The number of hydrogen-bond acceptors (Lipinski definition) is 2. The van der Waals surface area contributed by atoms with Crippen LogP contribution in [0.15, 0.2) is 41.1 Å². The Labute approximate surface area is 107 Å². The van der Waals surface area contributed by atoms with Gasteiger partial charge in [-0.25, -0.2) is 0 Å². The number of aliphatic hydroxyl groups is 1. The quantitative estimate of drug-likeness (QED) is 0.852. The van der Waals surface area contributed by atoms with Gasteiger partial charge in [0.1, 0.15) is 0 Å². The lowest BCUT2D eigenvalue weighted by atomic mass is 10.0. The second-order valence-corrected chi connectivity index (χ2v) is 5.43. The summed E-state index contributed by atoms with van der Waals surface area (Å²) in [7, 11) is 0. The number of benzene rings is 1. The summed E-state index contributed by atoms with van der Waals surface area (Å²) in [6.45, 7) is 0. The second kappa shape index (κ2) is 5.09. The van der Waals surface area contributed by atoms with Gasteiger partial charge in [0.05, 0.1) is 6.10 Å². The molecule has 2 rings (SSSR count). The molecule has 2 aromatic rings. The second-order valence-electron chi connectivity index (χ2n) is 3.40. The van der Waals surface area contributed by atoms with Crippen molar-refractivity contribution in [2.75, 3.05) is 0 Å². The topological polar surface area (TPSA) is 20.2 Å². The fraction of sp³-hybridized carbons (Fsp3) is 0.167. The van der Waals surface area contributed by atoms with Crippen LogP contribution in [0.4, 0.5) is 0 Å². The molecule has 1 nitrogen and oxygen atoms in total. The van der Waals surface area contributed by atoms with Crippen molar-refractivity contribution in [3.05, 3.63) is 55.8 Å². The lowest BCUT2D eigenvalue weighted by Gasteiger charge is -2.09. The summed E-state index contributed by atoms with van der Waals surface area (Å²) in [5, 5.41) is 14.1. The predicted octanol–water partition coefficient (Wildman–Crippen LogP) is 3.63. The summed E-state index contributed by atoms with van der Waals surface area (Å²) in [6, 6.07) is 10.1. The molecule has 1 N–H and O–H groups in total. The van der Waals surface area contributed by atoms with Gasteiger partial charge >= 0.3 is 0 Å². The number of aliphatic hydroxyl groups excluding tert-OH is 1. The Morgan fingerprint density at radius 2 is 1.93 bits per heavy atom. The maximum atomic E-state index is 9.99. The highest BCUT2D eigenvalue weighted by atomic mass is 127. The minimum atomic E-state index is -0.392. The van der Waals surface area contributed by atoms with Crippen molar-refractivity contribution in [3.8, 4) is 0 Å². The van der Waals surface area contributed by atoms with Gasteiger partial charge in [-0.3, -0.25) is 0 Å².